The third-order valence-electron chi connectivity index (χ3n) is 7.01. The van der Waals surface area contributed by atoms with E-state index in [4.69, 9.17) is 21.1 Å². The lowest BCUT2D eigenvalue weighted by molar-refractivity contribution is -0.140. The third kappa shape index (κ3) is 7.55. The van der Waals surface area contributed by atoms with E-state index in [1.165, 1.54) is 0 Å². The topological polar surface area (TPSA) is 79.3 Å². The van der Waals surface area contributed by atoms with E-state index in [0.717, 1.165) is 38.9 Å². The number of unbranched alkanes of at least 4 members (excludes halogenated alkanes) is 2. The van der Waals surface area contributed by atoms with Gasteiger partial charge in [0, 0.05) is 17.1 Å². The monoisotopic (exact) mass is 556 g/mol. The molecular formula is C31H41ClN2O5. The Hall–Kier alpha value is -3.03. The van der Waals surface area contributed by atoms with Crippen LogP contribution in [-0.4, -0.2) is 66.0 Å². The molecule has 0 saturated carbocycles. The molecule has 2 aromatic carbocycles. The predicted molar refractivity (Wildman–Crippen MR) is 155 cm³/mol. The van der Waals surface area contributed by atoms with Crippen LogP contribution in [0.4, 0.5) is 0 Å². The largest absolute Gasteiger partial charge is 0.507 e. The molecule has 2 aromatic rings. The molecule has 8 heteroatoms. The summed E-state index contributed by atoms with van der Waals surface area (Å²) < 4.78 is 11.9. The number of halogens is 1. The van der Waals surface area contributed by atoms with Gasteiger partial charge in [0.15, 0.2) is 11.5 Å². The van der Waals surface area contributed by atoms with Gasteiger partial charge in [-0.05, 0) is 81.4 Å². The number of likely N-dealkylation sites (tertiary alicyclic amines) is 1. The van der Waals surface area contributed by atoms with Gasteiger partial charge in [-0.15, -0.1) is 0 Å². The predicted octanol–water partition coefficient (Wildman–Crippen LogP) is 6.46. The van der Waals surface area contributed by atoms with E-state index in [-0.39, 0.29) is 11.3 Å². The number of amides is 1. The molecule has 1 fully saturated rings. The van der Waals surface area contributed by atoms with Crippen LogP contribution >= 0.6 is 11.6 Å². The van der Waals surface area contributed by atoms with Crippen LogP contribution in [0.1, 0.15) is 70.5 Å². The average Bonchev–Trinajstić information content (AvgIpc) is 3.19. The van der Waals surface area contributed by atoms with Crippen LogP contribution in [0.15, 0.2) is 48.0 Å². The molecule has 0 spiro atoms. The number of ether oxygens (including phenoxy) is 2. The summed E-state index contributed by atoms with van der Waals surface area (Å²) in [5, 5.41) is 11.8. The van der Waals surface area contributed by atoms with Crippen molar-refractivity contribution in [2.24, 2.45) is 0 Å². The first-order chi connectivity index (χ1) is 18.9. The molecule has 1 aliphatic heterocycles. The molecule has 1 saturated heterocycles. The summed E-state index contributed by atoms with van der Waals surface area (Å²) in [5.41, 5.74) is 1.16. The fraction of sp³-hybridized carbons (Fsp3) is 0.484. The number of nitrogens with zero attached hydrogens (tertiary/aromatic N) is 2. The number of benzene rings is 2. The van der Waals surface area contributed by atoms with Gasteiger partial charge in [0.2, 0.25) is 0 Å². The van der Waals surface area contributed by atoms with Gasteiger partial charge in [0.1, 0.15) is 5.76 Å². The van der Waals surface area contributed by atoms with Crippen LogP contribution in [0.2, 0.25) is 5.02 Å². The van der Waals surface area contributed by atoms with Crippen molar-refractivity contribution >= 4 is 29.1 Å². The summed E-state index contributed by atoms with van der Waals surface area (Å²) in [6, 6.07) is 11.3. The van der Waals surface area contributed by atoms with Crippen molar-refractivity contribution in [3.05, 3.63) is 64.2 Å². The van der Waals surface area contributed by atoms with E-state index in [0.29, 0.717) is 53.8 Å². The van der Waals surface area contributed by atoms with Crippen molar-refractivity contribution in [2.75, 3.05) is 39.4 Å². The summed E-state index contributed by atoms with van der Waals surface area (Å²) >= 11 is 6.04. The Kier molecular flexibility index (Phi) is 11.7. The number of carbonyl (C=O) groups is 2. The lowest BCUT2D eigenvalue weighted by atomic mass is 9.95. The Morgan fingerprint density at radius 3 is 2.31 bits per heavy atom. The first-order valence-corrected chi connectivity index (χ1v) is 14.4. The summed E-state index contributed by atoms with van der Waals surface area (Å²) in [7, 11) is 0. The Bertz CT molecular complexity index is 1140. The zero-order chi connectivity index (χ0) is 28.4. The van der Waals surface area contributed by atoms with Gasteiger partial charge in [-0.2, -0.15) is 0 Å². The minimum atomic E-state index is -0.759. The van der Waals surface area contributed by atoms with Gasteiger partial charge < -0.3 is 24.4 Å². The molecule has 1 amide bonds. The summed E-state index contributed by atoms with van der Waals surface area (Å²) in [4.78, 5) is 30.5. The Labute approximate surface area is 237 Å². The van der Waals surface area contributed by atoms with Gasteiger partial charge in [-0.1, -0.05) is 51.3 Å². The third-order valence-corrected chi connectivity index (χ3v) is 7.27. The first kappa shape index (κ1) is 30.5. The molecule has 0 radical (unpaired) electrons. The number of aliphatic hydroxyl groups is 1. The van der Waals surface area contributed by atoms with Crippen LogP contribution in [0, 0.1) is 0 Å². The maximum Gasteiger partial charge on any atom is 0.295 e. The van der Waals surface area contributed by atoms with Crippen LogP contribution in [0.5, 0.6) is 11.5 Å². The SMILES string of the molecule is CCCCCOc1ccc(C2/C(=C(\O)c3ccc(Cl)cc3)C(=O)C(=O)N2CCCN(CC)CC)cc1OCC. The van der Waals surface area contributed by atoms with E-state index in [2.05, 4.69) is 25.7 Å². The molecule has 0 aromatic heterocycles. The lowest BCUT2D eigenvalue weighted by Crippen LogP contribution is -2.33. The Morgan fingerprint density at radius 1 is 0.949 bits per heavy atom. The smallest absolute Gasteiger partial charge is 0.295 e. The molecule has 1 unspecified atom stereocenters. The molecular weight excluding hydrogens is 516 g/mol. The number of hydrogen-bond donors (Lipinski definition) is 1. The summed E-state index contributed by atoms with van der Waals surface area (Å²) in [6.07, 6.45) is 3.82. The van der Waals surface area contributed by atoms with Crippen molar-refractivity contribution in [3.63, 3.8) is 0 Å². The second kappa shape index (κ2) is 14.9. The van der Waals surface area contributed by atoms with Gasteiger partial charge in [-0.3, -0.25) is 9.59 Å². The number of rotatable bonds is 15. The maximum atomic E-state index is 13.4. The van der Waals surface area contributed by atoms with Crippen LogP contribution < -0.4 is 9.47 Å². The number of aliphatic hydroxyl groups excluding tert-OH is 1. The minimum Gasteiger partial charge on any atom is -0.507 e. The fourth-order valence-corrected chi connectivity index (χ4v) is 4.97. The lowest BCUT2D eigenvalue weighted by Gasteiger charge is -2.27. The quantitative estimate of drug-likeness (QED) is 0.117. The van der Waals surface area contributed by atoms with E-state index >= 15 is 0 Å². The van der Waals surface area contributed by atoms with Crippen molar-refractivity contribution in [2.45, 2.75) is 59.4 Å². The number of carbonyl (C=O) groups excluding carboxylic acids is 2. The summed E-state index contributed by atoms with van der Waals surface area (Å²) in [6.45, 7) is 12.2. The fourth-order valence-electron chi connectivity index (χ4n) is 4.84. The molecule has 212 valence electrons. The number of Topliss-reactive ketones (excluding diaryl/α,β-unsaturated/α-hetero) is 1. The van der Waals surface area contributed by atoms with Crippen LogP contribution in [0.3, 0.4) is 0 Å². The molecule has 1 aliphatic rings. The zero-order valence-corrected chi connectivity index (χ0v) is 24.3. The van der Waals surface area contributed by atoms with Gasteiger partial charge in [-0.25, -0.2) is 0 Å². The van der Waals surface area contributed by atoms with Crippen molar-refractivity contribution in [1.29, 1.82) is 0 Å². The molecule has 39 heavy (non-hydrogen) atoms. The number of hydrogen-bond acceptors (Lipinski definition) is 6. The van der Waals surface area contributed by atoms with Crippen molar-refractivity contribution in [3.8, 4) is 11.5 Å². The highest BCUT2D eigenvalue weighted by molar-refractivity contribution is 6.46. The van der Waals surface area contributed by atoms with Gasteiger partial charge in [0.25, 0.3) is 11.7 Å². The first-order valence-electron chi connectivity index (χ1n) is 14.0. The molecule has 0 aliphatic carbocycles. The standard InChI is InChI=1S/C31H41ClN2O5/c1-5-9-10-20-39-25-17-14-23(21-26(25)38-8-4)28-27(29(35)22-12-15-24(32)16-13-22)30(36)31(37)34(28)19-11-18-33(6-2)7-3/h12-17,21,28,35H,5-11,18-20H2,1-4H3/b29-27+. The molecule has 1 N–H and O–H groups in total. The van der Waals surface area contributed by atoms with Crippen molar-refractivity contribution in [1.82, 2.24) is 9.80 Å². The van der Waals surface area contributed by atoms with E-state index < -0.39 is 17.7 Å². The van der Waals surface area contributed by atoms with E-state index in [1.54, 1.807) is 29.2 Å². The van der Waals surface area contributed by atoms with E-state index in [1.807, 2.05) is 25.1 Å². The highest BCUT2D eigenvalue weighted by atomic mass is 35.5. The zero-order valence-electron chi connectivity index (χ0n) is 23.5. The molecule has 1 atom stereocenters. The second-order valence-corrected chi connectivity index (χ2v) is 10.0. The van der Waals surface area contributed by atoms with Crippen LogP contribution in [0.25, 0.3) is 5.76 Å². The maximum absolute atomic E-state index is 13.4. The minimum absolute atomic E-state index is 0.0595. The average molecular weight is 557 g/mol. The van der Waals surface area contributed by atoms with Crippen molar-refractivity contribution < 1.29 is 24.2 Å². The van der Waals surface area contributed by atoms with Crippen LogP contribution in [-0.2, 0) is 9.59 Å². The highest BCUT2D eigenvalue weighted by Gasteiger charge is 2.46. The Balaban J connectivity index is 2.04. The molecule has 3 rings (SSSR count). The van der Waals surface area contributed by atoms with Gasteiger partial charge in [0.05, 0.1) is 24.8 Å². The van der Waals surface area contributed by atoms with E-state index in [9.17, 15) is 14.7 Å². The highest BCUT2D eigenvalue weighted by Crippen LogP contribution is 2.42. The second-order valence-electron chi connectivity index (χ2n) is 9.57. The number of ketones is 1. The molecule has 0 bridgehead atoms. The molecule has 7 nitrogen and oxygen atoms in total. The normalized spacial score (nSPS) is 16.8. The molecule has 1 heterocycles. The van der Waals surface area contributed by atoms with Gasteiger partial charge >= 0.3 is 0 Å². The summed E-state index contributed by atoms with van der Waals surface area (Å²) in [5.74, 6) is -0.375. The Morgan fingerprint density at radius 2 is 1.67 bits per heavy atom.